The van der Waals surface area contributed by atoms with Crippen LogP contribution in [0.4, 0.5) is 5.69 Å². The first-order chi connectivity index (χ1) is 13.6. The van der Waals surface area contributed by atoms with E-state index >= 15 is 0 Å². The maximum Gasteiger partial charge on any atom is 0.262 e. The molecule has 0 radical (unpaired) electrons. The lowest BCUT2D eigenvalue weighted by Crippen LogP contribution is -2.22. The van der Waals surface area contributed by atoms with Crippen LogP contribution in [0, 0.1) is 0 Å². The number of nitrogens with one attached hydrogen (secondary N) is 1. The third-order valence-electron chi connectivity index (χ3n) is 3.68. The molecule has 2 aromatic rings. The van der Waals surface area contributed by atoms with Crippen LogP contribution in [0.3, 0.4) is 0 Å². The van der Waals surface area contributed by atoms with E-state index in [0.29, 0.717) is 27.3 Å². The Morgan fingerprint density at radius 3 is 2.71 bits per heavy atom. The topological polar surface area (TPSA) is 80.2 Å². The summed E-state index contributed by atoms with van der Waals surface area (Å²) in [7, 11) is 1.54. The highest BCUT2D eigenvalue weighted by atomic mass is 32.2. The molecular formula is C19H17N3O4S2. The number of benzene rings is 2. The minimum Gasteiger partial charge on any atom is -0.495 e. The summed E-state index contributed by atoms with van der Waals surface area (Å²) >= 11 is 6.36. The third kappa shape index (κ3) is 5.08. The lowest BCUT2D eigenvalue weighted by atomic mass is 10.2. The highest BCUT2D eigenvalue weighted by Gasteiger charge is 2.25. The van der Waals surface area contributed by atoms with Crippen LogP contribution in [0.2, 0.25) is 0 Å². The SMILES string of the molecule is COc1ccccc1NC(=O)COc1ccc(/C=N\N2C(=O)CSC2=S)cc1. The van der Waals surface area contributed by atoms with Gasteiger partial charge in [0, 0.05) is 0 Å². The number of thiocarbonyl (C=S) groups is 1. The van der Waals surface area contributed by atoms with Gasteiger partial charge in [-0.15, -0.1) is 0 Å². The summed E-state index contributed by atoms with van der Waals surface area (Å²) in [5.41, 5.74) is 1.36. The van der Waals surface area contributed by atoms with Gasteiger partial charge in [0.25, 0.3) is 11.8 Å². The first kappa shape index (κ1) is 19.8. The molecule has 2 aromatic carbocycles. The van der Waals surface area contributed by atoms with Gasteiger partial charge >= 0.3 is 0 Å². The maximum absolute atomic E-state index is 12.1. The molecule has 2 amide bonds. The molecule has 1 saturated heterocycles. The molecule has 0 unspecified atom stereocenters. The number of carbonyl (C=O) groups excluding carboxylic acids is 2. The van der Waals surface area contributed by atoms with Gasteiger partial charge in [0.2, 0.25) is 0 Å². The van der Waals surface area contributed by atoms with Crippen LogP contribution < -0.4 is 14.8 Å². The van der Waals surface area contributed by atoms with Gasteiger partial charge in [-0.1, -0.05) is 36.1 Å². The zero-order valence-electron chi connectivity index (χ0n) is 15.0. The van der Waals surface area contributed by atoms with Crippen LogP contribution in [-0.2, 0) is 9.59 Å². The molecule has 0 spiro atoms. The van der Waals surface area contributed by atoms with Crippen molar-refractivity contribution >= 4 is 52.0 Å². The standard InChI is InChI=1S/C19H17N3O4S2/c1-25-16-5-3-2-4-15(16)21-17(23)11-26-14-8-6-13(7-9-14)10-20-22-18(24)12-28-19(22)27/h2-10H,11-12H2,1H3,(H,21,23)/b20-10-. The van der Waals surface area contributed by atoms with E-state index in [9.17, 15) is 9.59 Å². The Morgan fingerprint density at radius 1 is 1.29 bits per heavy atom. The Bertz CT molecular complexity index is 900. The van der Waals surface area contributed by atoms with Crippen molar-refractivity contribution in [2.24, 2.45) is 5.10 Å². The largest absolute Gasteiger partial charge is 0.495 e. The Kier molecular flexibility index (Phi) is 6.62. The third-order valence-corrected chi connectivity index (χ3v) is 5.02. The average molecular weight is 415 g/mol. The van der Waals surface area contributed by atoms with Gasteiger partial charge in [-0.2, -0.15) is 10.1 Å². The van der Waals surface area contributed by atoms with Crippen LogP contribution in [0.25, 0.3) is 0 Å². The lowest BCUT2D eigenvalue weighted by Gasteiger charge is -2.10. The number of ether oxygens (including phenoxy) is 2. The lowest BCUT2D eigenvalue weighted by molar-refractivity contribution is -0.124. The molecule has 0 saturated carbocycles. The number of hydrogen-bond donors (Lipinski definition) is 1. The molecule has 1 aliphatic rings. The van der Waals surface area contributed by atoms with Crippen molar-refractivity contribution in [1.29, 1.82) is 0 Å². The molecular weight excluding hydrogens is 398 g/mol. The van der Waals surface area contributed by atoms with E-state index in [4.69, 9.17) is 21.7 Å². The zero-order chi connectivity index (χ0) is 19.9. The van der Waals surface area contributed by atoms with Gasteiger partial charge in [-0.05, 0) is 42.0 Å². The van der Waals surface area contributed by atoms with Gasteiger partial charge in [-0.25, -0.2) is 0 Å². The summed E-state index contributed by atoms with van der Waals surface area (Å²) < 4.78 is 11.1. The molecule has 0 atom stereocenters. The van der Waals surface area contributed by atoms with Gasteiger partial charge in [-0.3, -0.25) is 9.59 Å². The number of nitrogens with zero attached hydrogens (tertiary/aromatic N) is 2. The van der Waals surface area contributed by atoms with Gasteiger partial charge in [0.05, 0.1) is 24.8 Å². The summed E-state index contributed by atoms with van der Waals surface area (Å²) in [6, 6.07) is 14.1. The van der Waals surface area contributed by atoms with Crippen molar-refractivity contribution in [3.63, 3.8) is 0 Å². The number of hydrazone groups is 1. The van der Waals surface area contributed by atoms with Crippen molar-refractivity contribution < 1.29 is 19.1 Å². The van der Waals surface area contributed by atoms with Gasteiger partial charge < -0.3 is 14.8 Å². The number of carbonyl (C=O) groups is 2. The highest BCUT2D eigenvalue weighted by molar-refractivity contribution is 8.23. The average Bonchev–Trinajstić information content (AvgIpc) is 3.03. The molecule has 0 aliphatic carbocycles. The number of anilines is 1. The summed E-state index contributed by atoms with van der Waals surface area (Å²) in [4.78, 5) is 23.7. The molecule has 144 valence electrons. The monoisotopic (exact) mass is 415 g/mol. The van der Waals surface area contributed by atoms with E-state index in [1.165, 1.54) is 16.8 Å². The molecule has 1 aliphatic heterocycles. The van der Waals surface area contributed by atoms with Crippen molar-refractivity contribution in [3.05, 3.63) is 54.1 Å². The molecule has 7 nitrogen and oxygen atoms in total. The van der Waals surface area contributed by atoms with Crippen LogP contribution in [0.15, 0.2) is 53.6 Å². The molecule has 0 bridgehead atoms. The van der Waals surface area contributed by atoms with Gasteiger partial charge in [0.15, 0.2) is 10.9 Å². The molecule has 1 N–H and O–H groups in total. The number of amides is 2. The number of para-hydroxylation sites is 2. The van der Waals surface area contributed by atoms with Crippen molar-refractivity contribution in [1.82, 2.24) is 5.01 Å². The van der Waals surface area contributed by atoms with Crippen LogP contribution in [0.1, 0.15) is 5.56 Å². The summed E-state index contributed by atoms with van der Waals surface area (Å²) in [6.07, 6.45) is 1.55. The maximum atomic E-state index is 12.1. The van der Waals surface area contributed by atoms with Crippen molar-refractivity contribution in [2.75, 3.05) is 24.8 Å². The minimum atomic E-state index is -0.298. The molecule has 3 rings (SSSR count). The van der Waals surface area contributed by atoms with Crippen LogP contribution in [-0.4, -0.2) is 46.8 Å². The van der Waals surface area contributed by atoms with Crippen molar-refractivity contribution in [3.8, 4) is 11.5 Å². The second kappa shape index (κ2) is 9.34. The second-order valence-corrected chi connectivity index (χ2v) is 7.22. The smallest absolute Gasteiger partial charge is 0.262 e. The fourth-order valence-corrected chi connectivity index (χ4v) is 3.28. The first-order valence-electron chi connectivity index (χ1n) is 8.26. The first-order valence-corrected chi connectivity index (χ1v) is 9.65. The summed E-state index contributed by atoms with van der Waals surface area (Å²) in [6.45, 7) is -0.140. The number of thioether (sulfide) groups is 1. The molecule has 28 heavy (non-hydrogen) atoms. The van der Waals surface area contributed by atoms with E-state index in [-0.39, 0.29) is 18.4 Å². The van der Waals surface area contributed by atoms with E-state index in [1.807, 2.05) is 6.07 Å². The summed E-state index contributed by atoms with van der Waals surface area (Å²) in [5, 5.41) is 8.06. The Hall–Kier alpha value is -2.91. The Balaban J connectivity index is 1.52. The second-order valence-electron chi connectivity index (χ2n) is 5.61. The van der Waals surface area contributed by atoms with E-state index in [1.54, 1.807) is 55.8 Å². The normalized spacial score (nSPS) is 13.8. The van der Waals surface area contributed by atoms with E-state index in [2.05, 4.69) is 10.4 Å². The Morgan fingerprint density at radius 2 is 2.04 bits per heavy atom. The minimum absolute atomic E-state index is 0.132. The van der Waals surface area contributed by atoms with Crippen LogP contribution >= 0.6 is 24.0 Å². The highest BCUT2D eigenvalue weighted by Crippen LogP contribution is 2.23. The Labute approximate surface area is 171 Å². The summed E-state index contributed by atoms with van der Waals surface area (Å²) in [5.74, 6) is 1.00. The van der Waals surface area contributed by atoms with Crippen molar-refractivity contribution in [2.45, 2.75) is 0 Å². The quantitative estimate of drug-likeness (QED) is 0.553. The van der Waals surface area contributed by atoms with E-state index in [0.717, 1.165) is 5.56 Å². The zero-order valence-corrected chi connectivity index (χ0v) is 16.6. The fourth-order valence-electron chi connectivity index (χ4n) is 2.32. The number of rotatable bonds is 7. The molecule has 1 heterocycles. The molecule has 9 heteroatoms. The molecule has 1 fully saturated rings. The van der Waals surface area contributed by atoms with Crippen LogP contribution in [0.5, 0.6) is 11.5 Å². The van der Waals surface area contributed by atoms with Gasteiger partial charge in [0.1, 0.15) is 11.5 Å². The predicted molar refractivity (Wildman–Crippen MR) is 113 cm³/mol. The number of hydrogen-bond acceptors (Lipinski definition) is 7. The molecule has 0 aromatic heterocycles. The fraction of sp³-hybridized carbons (Fsp3) is 0.158. The van der Waals surface area contributed by atoms with E-state index < -0.39 is 0 Å². The predicted octanol–water partition coefficient (Wildman–Crippen LogP) is 2.91. The number of methoxy groups -OCH3 is 1.